The van der Waals surface area contributed by atoms with Crippen LogP contribution >= 0.6 is 0 Å². The minimum absolute atomic E-state index is 0.105. The number of amides is 2. The summed E-state index contributed by atoms with van der Waals surface area (Å²) in [4.78, 5) is 29.0. The predicted molar refractivity (Wildman–Crippen MR) is 125 cm³/mol. The monoisotopic (exact) mass is 512 g/mol. The average molecular weight is 513 g/mol. The van der Waals surface area contributed by atoms with Crippen molar-refractivity contribution in [2.75, 3.05) is 31.1 Å². The topological polar surface area (TPSA) is 119 Å². The van der Waals surface area contributed by atoms with E-state index in [4.69, 9.17) is 5.26 Å². The number of aromatic nitrogens is 5. The molecule has 1 saturated heterocycles. The first-order valence-corrected chi connectivity index (χ1v) is 11.7. The summed E-state index contributed by atoms with van der Waals surface area (Å²) in [5.74, 6) is -2.73. The highest BCUT2D eigenvalue weighted by Gasteiger charge is 2.40. The van der Waals surface area contributed by atoms with Gasteiger partial charge >= 0.3 is 6.03 Å². The molecule has 11 nitrogen and oxygen atoms in total. The second-order valence-electron chi connectivity index (χ2n) is 9.00. The first kappa shape index (κ1) is 24.4. The molecule has 0 aromatic carbocycles. The van der Waals surface area contributed by atoms with Gasteiger partial charge in [-0.15, -0.1) is 5.10 Å². The molecule has 5 rings (SSSR count). The molecule has 2 aromatic heterocycles. The zero-order valence-electron chi connectivity index (χ0n) is 20.1. The molecule has 3 atom stereocenters. The first-order chi connectivity index (χ1) is 17.8. The van der Waals surface area contributed by atoms with Gasteiger partial charge < -0.3 is 9.80 Å². The summed E-state index contributed by atoms with van der Waals surface area (Å²) >= 11 is 0. The van der Waals surface area contributed by atoms with E-state index in [9.17, 15) is 18.0 Å². The number of carbonyl (C=O) groups is 1. The van der Waals surface area contributed by atoms with Crippen LogP contribution < -0.4 is 4.90 Å². The fourth-order valence-electron chi connectivity index (χ4n) is 4.74. The summed E-state index contributed by atoms with van der Waals surface area (Å²) in [5.41, 5.74) is 0. The molecular formula is C23H23F3N10O. The Balaban J connectivity index is 1.27. The molecule has 2 unspecified atom stereocenters. The van der Waals surface area contributed by atoms with Crippen molar-refractivity contribution in [3.8, 4) is 11.9 Å². The normalized spacial score (nSPS) is 23.7. The Hall–Kier alpha value is -4.28. The van der Waals surface area contributed by atoms with E-state index in [1.165, 1.54) is 11.1 Å². The Labute approximate surface area is 210 Å². The number of urea groups is 1. The molecule has 0 radical (unpaired) electrons. The lowest BCUT2D eigenvalue weighted by Gasteiger charge is -2.39. The number of nitriles is 1. The van der Waals surface area contributed by atoms with Crippen LogP contribution in [0.1, 0.15) is 25.0 Å². The summed E-state index contributed by atoms with van der Waals surface area (Å²) in [6.45, 7) is 4.60. The number of piperazine rings is 1. The van der Waals surface area contributed by atoms with Crippen molar-refractivity contribution >= 4 is 18.2 Å². The van der Waals surface area contributed by atoms with Gasteiger partial charge in [-0.1, -0.05) is 6.92 Å². The zero-order chi connectivity index (χ0) is 26.3. The molecule has 3 aliphatic rings. The third-order valence-corrected chi connectivity index (χ3v) is 6.76. The van der Waals surface area contributed by atoms with Gasteiger partial charge in [0.2, 0.25) is 5.95 Å². The number of nitrogens with zero attached hydrogens (tertiary/aromatic N) is 10. The quantitative estimate of drug-likeness (QED) is 0.620. The molecule has 0 N–H and O–H groups in total. The molecule has 37 heavy (non-hydrogen) atoms. The van der Waals surface area contributed by atoms with Gasteiger partial charge in [0.25, 0.3) is 5.82 Å². The van der Waals surface area contributed by atoms with E-state index in [0.717, 1.165) is 17.0 Å². The first-order valence-electron chi connectivity index (χ1n) is 11.7. The van der Waals surface area contributed by atoms with Crippen LogP contribution in [0, 0.1) is 35.9 Å². The van der Waals surface area contributed by atoms with Crippen molar-refractivity contribution in [2.24, 2.45) is 16.9 Å². The van der Waals surface area contributed by atoms with Crippen molar-refractivity contribution in [2.45, 2.75) is 26.3 Å². The fraction of sp³-hybridized carbons (Fsp3) is 0.435. The molecule has 2 aromatic rings. The van der Waals surface area contributed by atoms with Crippen LogP contribution in [-0.2, 0) is 0 Å². The van der Waals surface area contributed by atoms with Crippen molar-refractivity contribution < 1.29 is 18.0 Å². The molecule has 4 heterocycles. The number of anilines is 1. The Kier molecular flexibility index (Phi) is 6.36. The van der Waals surface area contributed by atoms with Gasteiger partial charge in [0.15, 0.2) is 11.6 Å². The minimum Gasteiger partial charge on any atom is -0.337 e. The maximum Gasteiger partial charge on any atom is 0.340 e. The van der Waals surface area contributed by atoms with E-state index in [0.29, 0.717) is 38.4 Å². The lowest BCUT2D eigenvalue weighted by atomic mass is 9.82. The molecule has 1 aliphatic carbocycles. The van der Waals surface area contributed by atoms with Gasteiger partial charge in [-0.05, 0) is 13.0 Å². The minimum atomic E-state index is -0.721. The number of halogens is 3. The molecule has 0 saturated carbocycles. The van der Waals surface area contributed by atoms with Crippen LogP contribution in [0.5, 0.6) is 0 Å². The SMILES string of the molecule is Cc1nc(C#N)nn1-c1nc(N2CCN(C(=O)N3N=CC[C@H]3C3C=C(F)C=C(F)C3C)CC2)ncc1F. The highest BCUT2D eigenvalue weighted by molar-refractivity contribution is 5.78. The van der Waals surface area contributed by atoms with Crippen LogP contribution in [0.25, 0.3) is 5.82 Å². The van der Waals surface area contributed by atoms with Crippen molar-refractivity contribution in [1.82, 2.24) is 34.6 Å². The number of hydrogen-bond donors (Lipinski definition) is 0. The fourth-order valence-corrected chi connectivity index (χ4v) is 4.74. The van der Waals surface area contributed by atoms with Gasteiger partial charge in [-0.3, -0.25) is 0 Å². The lowest BCUT2D eigenvalue weighted by molar-refractivity contribution is 0.120. The number of allylic oxidation sites excluding steroid dienone is 3. The van der Waals surface area contributed by atoms with E-state index in [2.05, 4.69) is 25.2 Å². The van der Waals surface area contributed by atoms with E-state index >= 15 is 0 Å². The standard InChI is InChI=1S/C23H23F3N10O/c1-13-16(9-15(24)10-17(13)25)19-3-4-29-36(19)23(37)34-7-5-33(6-8-34)22-28-12-18(26)21(31-22)35-14(2)30-20(11-27)32-35/h4,9-10,12-13,16,19H,3,5-8H2,1-2H3/t13?,16?,19-/m0/s1. The summed E-state index contributed by atoms with van der Waals surface area (Å²) in [6.07, 6.45) is 5.24. The van der Waals surface area contributed by atoms with E-state index in [1.54, 1.807) is 29.9 Å². The summed E-state index contributed by atoms with van der Waals surface area (Å²) in [5, 5.41) is 18.5. The van der Waals surface area contributed by atoms with Crippen molar-refractivity contribution in [3.63, 3.8) is 0 Å². The molecular weight excluding hydrogens is 489 g/mol. The van der Waals surface area contributed by atoms with E-state index in [-0.39, 0.29) is 23.6 Å². The maximum absolute atomic E-state index is 14.5. The Morgan fingerprint density at radius 3 is 2.62 bits per heavy atom. The Morgan fingerprint density at radius 1 is 1.16 bits per heavy atom. The number of aryl methyl sites for hydroxylation is 1. The molecule has 14 heteroatoms. The largest absolute Gasteiger partial charge is 0.340 e. The number of carbonyl (C=O) groups excluding carboxylic acids is 1. The van der Waals surface area contributed by atoms with Gasteiger partial charge in [0.05, 0.1) is 12.2 Å². The van der Waals surface area contributed by atoms with E-state index < -0.39 is 35.3 Å². The van der Waals surface area contributed by atoms with Crippen LogP contribution in [-0.4, -0.2) is 79.1 Å². The second kappa shape index (κ2) is 9.64. The molecule has 1 fully saturated rings. The summed E-state index contributed by atoms with van der Waals surface area (Å²) < 4.78 is 43.7. The maximum atomic E-state index is 14.5. The third kappa shape index (κ3) is 4.52. The van der Waals surface area contributed by atoms with Gasteiger partial charge in [0, 0.05) is 56.7 Å². The highest BCUT2D eigenvalue weighted by Crippen LogP contribution is 2.37. The number of rotatable bonds is 3. The molecule has 0 bridgehead atoms. The van der Waals surface area contributed by atoms with Crippen LogP contribution in [0.15, 0.2) is 35.1 Å². The molecule has 0 spiro atoms. The number of hydrazone groups is 1. The van der Waals surface area contributed by atoms with E-state index in [1.807, 2.05) is 6.07 Å². The molecule has 2 aliphatic heterocycles. The average Bonchev–Trinajstić information content (AvgIpc) is 3.53. The third-order valence-electron chi connectivity index (χ3n) is 6.76. The summed E-state index contributed by atoms with van der Waals surface area (Å²) in [6, 6.07) is 0.973. The van der Waals surface area contributed by atoms with Crippen LogP contribution in [0.3, 0.4) is 0 Å². The molecule has 192 valence electrons. The lowest BCUT2D eigenvalue weighted by Crippen LogP contribution is -2.54. The zero-order valence-corrected chi connectivity index (χ0v) is 20.1. The Morgan fingerprint density at radius 2 is 1.92 bits per heavy atom. The smallest absolute Gasteiger partial charge is 0.337 e. The van der Waals surface area contributed by atoms with Gasteiger partial charge in [-0.2, -0.15) is 20.0 Å². The van der Waals surface area contributed by atoms with Crippen LogP contribution in [0.4, 0.5) is 23.9 Å². The van der Waals surface area contributed by atoms with Gasteiger partial charge in [-0.25, -0.2) is 32.9 Å². The molecule has 2 amide bonds. The highest BCUT2D eigenvalue weighted by atomic mass is 19.1. The van der Waals surface area contributed by atoms with Crippen LogP contribution in [0.2, 0.25) is 0 Å². The Bertz CT molecular complexity index is 1350. The van der Waals surface area contributed by atoms with Crippen molar-refractivity contribution in [3.05, 3.63) is 47.5 Å². The van der Waals surface area contributed by atoms with Crippen molar-refractivity contribution in [1.29, 1.82) is 5.26 Å². The number of hydrogen-bond acceptors (Lipinski definition) is 8. The predicted octanol–water partition coefficient (Wildman–Crippen LogP) is 2.65. The summed E-state index contributed by atoms with van der Waals surface area (Å²) in [7, 11) is 0. The second-order valence-corrected chi connectivity index (χ2v) is 9.00. The van der Waals surface area contributed by atoms with Gasteiger partial charge in [0.1, 0.15) is 23.5 Å².